The number of hydrogen-bond donors (Lipinski definition) is 0. The van der Waals surface area contributed by atoms with Crippen molar-refractivity contribution in [3.05, 3.63) is 30.6 Å². The zero-order valence-electron chi connectivity index (χ0n) is 38.7. The van der Waals surface area contributed by atoms with Gasteiger partial charge >= 0.3 is 0 Å². The van der Waals surface area contributed by atoms with Crippen LogP contribution in [0.5, 0.6) is 0 Å². The van der Waals surface area contributed by atoms with Crippen LogP contribution in [0.25, 0.3) is 0 Å². The second-order valence-corrected chi connectivity index (χ2v) is 18.7. The van der Waals surface area contributed by atoms with Crippen LogP contribution in [-0.4, -0.2) is 0 Å². The predicted octanol–water partition coefficient (Wildman–Crippen LogP) is 19.2. The molecule has 0 bridgehead atoms. The Bertz CT molecular complexity index is 797. The van der Waals surface area contributed by atoms with Crippen LogP contribution in [0.2, 0.25) is 0 Å². The lowest BCUT2D eigenvalue weighted by Gasteiger charge is -2.34. The molecule has 1 aromatic heterocycles. The van der Waals surface area contributed by atoms with Crippen molar-refractivity contribution >= 4 is 0 Å². The molecule has 1 heteroatoms. The largest absolute Gasteiger partial charge is 0.205 e. The summed E-state index contributed by atoms with van der Waals surface area (Å²) in [6, 6.07) is 6.64. The maximum atomic E-state index is 2.48. The van der Waals surface area contributed by atoms with Crippen molar-refractivity contribution in [3.63, 3.8) is 0 Å². The molecule has 0 amide bonds. The van der Waals surface area contributed by atoms with Crippen LogP contribution < -0.4 is 4.57 Å². The third kappa shape index (κ3) is 36.0. The highest BCUT2D eigenvalue weighted by Crippen LogP contribution is 2.41. The second kappa shape index (κ2) is 42.7. The minimum absolute atomic E-state index is 0.552. The number of pyridine rings is 1. The molecular formula is C54H104N+. The minimum atomic E-state index is 0.552. The third-order valence-corrected chi connectivity index (χ3v) is 13.4. The number of unbranched alkanes of at least 4 members (excludes halogenated alkanes) is 37. The van der Waals surface area contributed by atoms with Gasteiger partial charge in [-0.25, -0.2) is 4.57 Å². The molecule has 0 saturated carbocycles. The van der Waals surface area contributed by atoms with E-state index >= 15 is 0 Å². The Morgan fingerprint density at radius 3 is 0.709 bits per heavy atom. The van der Waals surface area contributed by atoms with Crippen molar-refractivity contribution in [2.24, 2.45) is 5.41 Å². The van der Waals surface area contributed by atoms with Gasteiger partial charge in [0.05, 0.1) is 0 Å². The molecule has 0 aromatic carbocycles. The van der Waals surface area contributed by atoms with Crippen molar-refractivity contribution in [1.29, 1.82) is 0 Å². The van der Waals surface area contributed by atoms with Gasteiger partial charge < -0.3 is 0 Å². The summed E-state index contributed by atoms with van der Waals surface area (Å²) >= 11 is 0. The average Bonchev–Trinajstić information content (AvgIpc) is 3.21. The van der Waals surface area contributed by atoms with E-state index < -0.39 is 0 Å². The van der Waals surface area contributed by atoms with Crippen LogP contribution in [0, 0.1) is 5.41 Å². The number of nitrogens with zero attached hydrogens (tertiary/aromatic N) is 1. The van der Waals surface area contributed by atoms with E-state index in [2.05, 4.69) is 55.9 Å². The molecule has 0 radical (unpaired) electrons. The molecule has 0 spiro atoms. The molecule has 0 aliphatic heterocycles. The molecule has 0 saturated heterocycles. The van der Waals surface area contributed by atoms with Crippen molar-refractivity contribution in [2.75, 3.05) is 0 Å². The Hall–Kier alpha value is -0.850. The van der Waals surface area contributed by atoms with E-state index in [4.69, 9.17) is 0 Å². The van der Waals surface area contributed by atoms with Gasteiger partial charge in [0, 0.05) is 18.6 Å². The van der Waals surface area contributed by atoms with Crippen molar-refractivity contribution in [1.82, 2.24) is 0 Å². The molecule has 1 nitrogen and oxygen atoms in total. The van der Waals surface area contributed by atoms with Gasteiger partial charge in [-0.05, 0) is 24.7 Å². The normalized spacial score (nSPS) is 11.9. The molecule has 1 rings (SSSR count). The number of rotatable bonds is 46. The summed E-state index contributed by atoms with van der Waals surface area (Å²) in [7, 11) is 0. The molecule has 1 heterocycles. The van der Waals surface area contributed by atoms with E-state index in [1.54, 1.807) is 0 Å². The average molecular weight is 767 g/mol. The summed E-state index contributed by atoms with van der Waals surface area (Å²) in [6.07, 6.45) is 68.9. The van der Waals surface area contributed by atoms with E-state index in [9.17, 15) is 0 Å². The van der Waals surface area contributed by atoms with Gasteiger partial charge in [-0.15, -0.1) is 0 Å². The van der Waals surface area contributed by atoms with Crippen molar-refractivity contribution < 1.29 is 4.57 Å². The molecule has 0 aliphatic rings. The van der Waals surface area contributed by atoms with Gasteiger partial charge in [0.2, 0.25) is 0 Å². The third-order valence-electron chi connectivity index (χ3n) is 13.4. The molecule has 0 atom stereocenters. The quantitative estimate of drug-likeness (QED) is 0.0460. The maximum absolute atomic E-state index is 2.48. The van der Waals surface area contributed by atoms with Gasteiger partial charge in [-0.3, -0.25) is 0 Å². The van der Waals surface area contributed by atoms with Crippen molar-refractivity contribution in [2.45, 2.75) is 310 Å². The first-order valence-electron chi connectivity index (χ1n) is 26.2. The van der Waals surface area contributed by atoms with Crippen LogP contribution in [-0.2, 0) is 6.54 Å². The molecule has 1 aromatic rings. The van der Waals surface area contributed by atoms with E-state index in [0.29, 0.717) is 5.41 Å². The molecule has 0 fully saturated rings. The number of hydrogen-bond acceptors (Lipinski definition) is 0. The summed E-state index contributed by atoms with van der Waals surface area (Å²) in [5, 5.41) is 0. The Morgan fingerprint density at radius 2 is 0.473 bits per heavy atom. The Labute approximate surface area is 349 Å². The molecule has 324 valence electrons. The van der Waals surface area contributed by atoms with E-state index in [1.807, 2.05) is 0 Å². The Balaban J connectivity index is 2.49. The van der Waals surface area contributed by atoms with Crippen molar-refractivity contribution in [3.8, 4) is 0 Å². The van der Waals surface area contributed by atoms with Gasteiger partial charge in [-0.1, -0.05) is 284 Å². The first-order chi connectivity index (χ1) is 27.3. The predicted molar refractivity (Wildman–Crippen MR) is 249 cm³/mol. The fraction of sp³-hybridized carbons (Fsp3) is 0.907. The van der Waals surface area contributed by atoms with Gasteiger partial charge in [0.15, 0.2) is 12.4 Å². The van der Waals surface area contributed by atoms with Gasteiger partial charge in [0.25, 0.3) is 0 Å². The summed E-state index contributed by atoms with van der Waals surface area (Å²) < 4.78 is 2.48. The van der Waals surface area contributed by atoms with E-state index in [-0.39, 0.29) is 0 Å². The second-order valence-electron chi connectivity index (χ2n) is 18.7. The molecule has 0 aliphatic carbocycles. The summed E-state index contributed by atoms with van der Waals surface area (Å²) in [6.45, 7) is 8.18. The molecule has 0 N–H and O–H groups in total. The highest BCUT2D eigenvalue weighted by molar-refractivity contribution is 4.84. The summed E-state index contributed by atoms with van der Waals surface area (Å²) in [5.74, 6) is 0. The monoisotopic (exact) mass is 767 g/mol. The zero-order chi connectivity index (χ0) is 39.4. The maximum Gasteiger partial charge on any atom is 0.168 e. The lowest BCUT2D eigenvalue weighted by Crippen LogP contribution is -2.36. The lowest BCUT2D eigenvalue weighted by atomic mass is 9.71. The van der Waals surface area contributed by atoms with E-state index in [0.717, 1.165) is 0 Å². The highest BCUT2D eigenvalue weighted by Gasteiger charge is 2.30. The Morgan fingerprint density at radius 1 is 0.255 bits per heavy atom. The van der Waals surface area contributed by atoms with Crippen LogP contribution >= 0.6 is 0 Å². The topological polar surface area (TPSA) is 3.88 Å². The first-order valence-corrected chi connectivity index (χ1v) is 26.2. The smallest absolute Gasteiger partial charge is 0.168 e. The molecule has 55 heavy (non-hydrogen) atoms. The molecule has 0 unspecified atom stereocenters. The standard InChI is InChI=1S/C54H104N/c1-4-7-10-13-16-19-22-24-26-28-30-33-36-39-43-48-54(50-53-55-51-45-41-46-52-55,47-42-38-35-32-21-18-15-12-9-6-3)49-44-40-37-34-31-29-27-25-23-20-17-14-11-8-5-2/h41,45-46,51-52H,4-40,42-44,47-50,53H2,1-3H3/q+1. The van der Waals surface area contributed by atoms with E-state index in [1.165, 1.54) is 289 Å². The Kier molecular flexibility index (Phi) is 40.5. The zero-order valence-corrected chi connectivity index (χ0v) is 38.7. The SMILES string of the molecule is CCCCCCCCCCCCCCCCCC(CCCCCCCCCCCC)(CCCCCCCCCCCCCCCCC)CC[n+]1ccccc1. The van der Waals surface area contributed by atoms with Crippen LogP contribution in [0.1, 0.15) is 303 Å². The molecular weight excluding hydrogens is 663 g/mol. The van der Waals surface area contributed by atoms with Crippen LogP contribution in [0.4, 0.5) is 0 Å². The first kappa shape index (κ1) is 52.2. The number of aromatic nitrogens is 1. The van der Waals surface area contributed by atoms with Crippen LogP contribution in [0.3, 0.4) is 0 Å². The highest BCUT2D eigenvalue weighted by atomic mass is 14.9. The lowest BCUT2D eigenvalue weighted by molar-refractivity contribution is -0.699. The summed E-state index contributed by atoms with van der Waals surface area (Å²) in [5.41, 5.74) is 0.552. The fourth-order valence-corrected chi connectivity index (χ4v) is 9.43. The van der Waals surface area contributed by atoms with Gasteiger partial charge in [-0.2, -0.15) is 0 Å². The minimum Gasteiger partial charge on any atom is -0.205 e. The number of aryl methyl sites for hydroxylation is 1. The summed E-state index contributed by atoms with van der Waals surface area (Å²) in [4.78, 5) is 0. The fourth-order valence-electron chi connectivity index (χ4n) is 9.43. The van der Waals surface area contributed by atoms with Crippen LogP contribution in [0.15, 0.2) is 30.6 Å². The van der Waals surface area contributed by atoms with Gasteiger partial charge in [0.1, 0.15) is 6.54 Å².